The SMILES string of the molecule is O=C(O)C=Cc1ccsc1C(=O)NCc1ccncc1. The molecule has 0 spiro atoms. The van der Waals surface area contributed by atoms with E-state index in [4.69, 9.17) is 5.11 Å². The highest BCUT2D eigenvalue weighted by molar-refractivity contribution is 7.12. The molecule has 2 N–H and O–H groups in total. The number of aliphatic carboxylic acids is 1. The quantitative estimate of drug-likeness (QED) is 0.826. The van der Waals surface area contributed by atoms with E-state index in [9.17, 15) is 9.59 Å². The van der Waals surface area contributed by atoms with E-state index in [1.54, 1.807) is 23.8 Å². The molecule has 102 valence electrons. The molecule has 2 heterocycles. The van der Waals surface area contributed by atoms with Gasteiger partial charge in [0, 0.05) is 25.0 Å². The summed E-state index contributed by atoms with van der Waals surface area (Å²) in [6.07, 6.45) is 5.75. The van der Waals surface area contributed by atoms with Crippen molar-refractivity contribution in [3.8, 4) is 0 Å². The first-order chi connectivity index (χ1) is 9.66. The van der Waals surface area contributed by atoms with Crippen LogP contribution in [-0.4, -0.2) is 22.0 Å². The van der Waals surface area contributed by atoms with Crippen LogP contribution in [0.4, 0.5) is 0 Å². The van der Waals surface area contributed by atoms with E-state index in [2.05, 4.69) is 10.3 Å². The van der Waals surface area contributed by atoms with Gasteiger partial charge in [-0.15, -0.1) is 11.3 Å². The van der Waals surface area contributed by atoms with Crippen molar-refractivity contribution < 1.29 is 14.7 Å². The average Bonchev–Trinajstić information content (AvgIpc) is 2.92. The van der Waals surface area contributed by atoms with Crippen molar-refractivity contribution in [1.82, 2.24) is 10.3 Å². The average molecular weight is 288 g/mol. The van der Waals surface area contributed by atoms with Gasteiger partial charge in [0.05, 0.1) is 4.88 Å². The lowest BCUT2D eigenvalue weighted by Gasteiger charge is -2.04. The van der Waals surface area contributed by atoms with Gasteiger partial charge >= 0.3 is 5.97 Å². The van der Waals surface area contributed by atoms with E-state index in [1.807, 2.05) is 12.1 Å². The van der Waals surface area contributed by atoms with Gasteiger partial charge in [-0.25, -0.2) is 4.79 Å². The van der Waals surface area contributed by atoms with Gasteiger partial charge in [0.15, 0.2) is 0 Å². The number of carboxylic acids is 1. The van der Waals surface area contributed by atoms with Gasteiger partial charge in [-0.05, 0) is 40.8 Å². The van der Waals surface area contributed by atoms with Crippen LogP contribution in [-0.2, 0) is 11.3 Å². The van der Waals surface area contributed by atoms with Crippen molar-refractivity contribution in [2.45, 2.75) is 6.54 Å². The Balaban J connectivity index is 2.03. The number of thiophene rings is 1. The number of nitrogens with zero attached hydrogens (tertiary/aromatic N) is 1. The molecule has 0 fully saturated rings. The number of hydrogen-bond donors (Lipinski definition) is 2. The number of carbonyl (C=O) groups excluding carboxylic acids is 1. The van der Waals surface area contributed by atoms with E-state index in [0.29, 0.717) is 17.0 Å². The first-order valence-corrected chi connectivity index (χ1v) is 6.70. The molecular formula is C14H12N2O3S. The van der Waals surface area contributed by atoms with Crippen LogP contribution in [0.15, 0.2) is 42.0 Å². The number of carboxylic acid groups (broad SMARTS) is 1. The van der Waals surface area contributed by atoms with Gasteiger partial charge in [0.2, 0.25) is 0 Å². The third-order valence-electron chi connectivity index (χ3n) is 2.51. The van der Waals surface area contributed by atoms with Crippen LogP contribution in [0.25, 0.3) is 6.08 Å². The summed E-state index contributed by atoms with van der Waals surface area (Å²) < 4.78 is 0. The van der Waals surface area contributed by atoms with E-state index >= 15 is 0 Å². The van der Waals surface area contributed by atoms with Crippen molar-refractivity contribution in [3.63, 3.8) is 0 Å². The Bertz CT molecular complexity index is 635. The molecule has 2 rings (SSSR count). The van der Waals surface area contributed by atoms with E-state index < -0.39 is 5.97 Å². The maximum atomic E-state index is 12.0. The molecule has 0 saturated heterocycles. The van der Waals surface area contributed by atoms with Crippen LogP contribution < -0.4 is 5.32 Å². The first kappa shape index (κ1) is 14.0. The van der Waals surface area contributed by atoms with Crippen LogP contribution in [0.1, 0.15) is 20.8 Å². The van der Waals surface area contributed by atoms with Crippen molar-refractivity contribution in [3.05, 3.63) is 58.1 Å². The molecule has 0 saturated carbocycles. The minimum atomic E-state index is -1.04. The van der Waals surface area contributed by atoms with Gasteiger partial charge in [0.1, 0.15) is 0 Å². The van der Waals surface area contributed by atoms with Crippen molar-refractivity contribution in [2.75, 3.05) is 0 Å². The Morgan fingerprint density at radius 2 is 2.05 bits per heavy atom. The molecule has 2 aromatic heterocycles. The lowest BCUT2D eigenvalue weighted by atomic mass is 10.2. The summed E-state index contributed by atoms with van der Waals surface area (Å²) >= 11 is 1.28. The maximum Gasteiger partial charge on any atom is 0.328 e. The fourth-order valence-corrected chi connectivity index (χ4v) is 2.36. The van der Waals surface area contributed by atoms with Crippen LogP contribution >= 0.6 is 11.3 Å². The summed E-state index contributed by atoms with van der Waals surface area (Å²) in [6.45, 7) is 0.404. The highest BCUT2D eigenvalue weighted by Crippen LogP contribution is 2.18. The molecule has 0 radical (unpaired) electrons. The standard InChI is InChI=1S/C14H12N2O3S/c17-12(18)2-1-11-5-8-20-13(11)14(19)16-9-10-3-6-15-7-4-10/h1-8H,9H2,(H,16,19)(H,17,18). The number of aromatic nitrogens is 1. The lowest BCUT2D eigenvalue weighted by molar-refractivity contribution is -0.131. The fraction of sp³-hybridized carbons (Fsp3) is 0.0714. The van der Waals surface area contributed by atoms with Crippen molar-refractivity contribution >= 4 is 29.3 Å². The third-order valence-corrected chi connectivity index (χ3v) is 3.44. The molecule has 1 amide bonds. The first-order valence-electron chi connectivity index (χ1n) is 5.82. The highest BCUT2D eigenvalue weighted by atomic mass is 32.1. The van der Waals surface area contributed by atoms with Gasteiger partial charge in [-0.2, -0.15) is 0 Å². The molecule has 0 aliphatic carbocycles. The molecule has 5 nitrogen and oxygen atoms in total. The molecule has 6 heteroatoms. The van der Waals surface area contributed by atoms with E-state index in [0.717, 1.165) is 11.6 Å². The van der Waals surface area contributed by atoms with Gasteiger partial charge in [0.25, 0.3) is 5.91 Å². The molecule has 0 bridgehead atoms. The third kappa shape index (κ3) is 3.76. The largest absolute Gasteiger partial charge is 0.478 e. The number of rotatable bonds is 5. The fourth-order valence-electron chi connectivity index (χ4n) is 1.56. The topological polar surface area (TPSA) is 79.3 Å². The normalized spacial score (nSPS) is 10.6. The Hall–Kier alpha value is -2.47. The summed E-state index contributed by atoms with van der Waals surface area (Å²) in [5, 5.41) is 13.1. The van der Waals surface area contributed by atoms with Crippen LogP contribution in [0.5, 0.6) is 0 Å². The summed E-state index contributed by atoms with van der Waals surface area (Å²) in [5.74, 6) is -1.26. The summed E-state index contributed by atoms with van der Waals surface area (Å²) in [7, 11) is 0. The predicted molar refractivity (Wildman–Crippen MR) is 76.4 cm³/mol. The molecule has 20 heavy (non-hydrogen) atoms. The number of hydrogen-bond acceptors (Lipinski definition) is 4. The molecule has 0 unspecified atom stereocenters. The molecule has 0 aliphatic rings. The molecule has 0 atom stereocenters. The maximum absolute atomic E-state index is 12.0. The number of carbonyl (C=O) groups is 2. The van der Waals surface area contributed by atoms with Crippen LogP contribution in [0.2, 0.25) is 0 Å². The zero-order chi connectivity index (χ0) is 14.4. The Morgan fingerprint density at radius 1 is 1.30 bits per heavy atom. The zero-order valence-corrected chi connectivity index (χ0v) is 11.3. The van der Waals surface area contributed by atoms with Crippen LogP contribution in [0.3, 0.4) is 0 Å². The zero-order valence-electron chi connectivity index (χ0n) is 10.4. The molecular weight excluding hydrogens is 276 g/mol. The lowest BCUT2D eigenvalue weighted by Crippen LogP contribution is -2.22. The summed E-state index contributed by atoms with van der Waals surface area (Å²) in [6, 6.07) is 5.35. The Labute approximate surface area is 119 Å². The van der Waals surface area contributed by atoms with Gasteiger partial charge in [-0.1, -0.05) is 0 Å². The van der Waals surface area contributed by atoms with Crippen molar-refractivity contribution in [1.29, 1.82) is 0 Å². The molecule has 0 aromatic carbocycles. The molecule has 0 aliphatic heterocycles. The second-order valence-corrected chi connectivity index (χ2v) is 4.83. The smallest absolute Gasteiger partial charge is 0.328 e. The van der Waals surface area contributed by atoms with Gasteiger partial charge < -0.3 is 10.4 Å². The van der Waals surface area contributed by atoms with E-state index in [-0.39, 0.29) is 5.91 Å². The molecule has 2 aromatic rings. The summed E-state index contributed by atoms with van der Waals surface area (Å²) in [5.41, 5.74) is 1.55. The highest BCUT2D eigenvalue weighted by Gasteiger charge is 2.11. The number of amides is 1. The van der Waals surface area contributed by atoms with E-state index in [1.165, 1.54) is 17.4 Å². The number of pyridine rings is 1. The minimum absolute atomic E-state index is 0.221. The number of nitrogens with one attached hydrogen (secondary N) is 1. The second-order valence-electron chi connectivity index (χ2n) is 3.91. The minimum Gasteiger partial charge on any atom is -0.478 e. The van der Waals surface area contributed by atoms with Crippen LogP contribution in [0, 0.1) is 0 Å². The van der Waals surface area contributed by atoms with Crippen molar-refractivity contribution in [2.24, 2.45) is 0 Å². The Morgan fingerprint density at radius 3 is 2.75 bits per heavy atom. The summed E-state index contributed by atoms with van der Waals surface area (Å²) in [4.78, 5) is 26.9. The van der Waals surface area contributed by atoms with Gasteiger partial charge in [-0.3, -0.25) is 9.78 Å². The monoisotopic (exact) mass is 288 g/mol. The Kier molecular flexibility index (Phi) is 4.62. The second kappa shape index (κ2) is 6.63. The predicted octanol–water partition coefficient (Wildman–Crippen LogP) is 2.17.